The average molecular weight is 410 g/mol. The number of nitrogens with zero attached hydrogens (tertiary/aromatic N) is 3. The van der Waals surface area contributed by atoms with Gasteiger partial charge in [-0.05, 0) is 38.1 Å². The number of nitrogens with one attached hydrogen (secondary N) is 2. The van der Waals surface area contributed by atoms with Crippen molar-refractivity contribution in [3.8, 4) is 16.9 Å². The second kappa shape index (κ2) is 9.16. The minimum atomic E-state index is -0.838. The Labute approximate surface area is 173 Å². The van der Waals surface area contributed by atoms with Gasteiger partial charge in [-0.3, -0.25) is 9.59 Å². The number of amides is 2. The predicted molar refractivity (Wildman–Crippen MR) is 113 cm³/mol. The highest BCUT2D eigenvalue weighted by Crippen LogP contribution is 2.25. The molecule has 0 bridgehead atoms. The first-order chi connectivity index (χ1) is 13.9. The van der Waals surface area contributed by atoms with E-state index in [-0.39, 0.29) is 6.04 Å². The third-order valence-electron chi connectivity index (χ3n) is 3.86. The maximum absolute atomic E-state index is 11.8. The molecule has 148 valence electrons. The van der Waals surface area contributed by atoms with Crippen LogP contribution in [-0.2, 0) is 9.59 Å². The molecule has 0 aliphatic rings. The lowest BCUT2D eigenvalue weighted by molar-refractivity contribution is -0.139. The lowest BCUT2D eigenvalue weighted by Crippen LogP contribution is -2.41. The van der Waals surface area contributed by atoms with Crippen molar-refractivity contribution in [2.45, 2.75) is 19.9 Å². The van der Waals surface area contributed by atoms with Crippen molar-refractivity contribution < 1.29 is 9.59 Å². The first kappa shape index (κ1) is 20.3. The van der Waals surface area contributed by atoms with E-state index in [0.717, 1.165) is 11.3 Å². The first-order valence-electron chi connectivity index (χ1n) is 8.99. The van der Waals surface area contributed by atoms with Crippen LogP contribution in [-0.4, -0.2) is 33.9 Å². The van der Waals surface area contributed by atoms with Crippen molar-refractivity contribution in [1.29, 1.82) is 0 Å². The zero-order valence-corrected chi connectivity index (χ0v) is 16.7. The van der Waals surface area contributed by atoms with Crippen molar-refractivity contribution >= 4 is 29.6 Å². The summed E-state index contributed by atoms with van der Waals surface area (Å²) in [4.78, 5) is 23.5. The van der Waals surface area contributed by atoms with E-state index in [1.165, 1.54) is 6.21 Å². The maximum atomic E-state index is 11.8. The maximum Gasteiger partial charge on any atom is 0.329 e. The van der Waals surface area contributed by atoms with Gasteiger partial charge < -0.3 is 5.32 Å². The summed E-state index contributed by atoms with van der Waals surface area (Å²) in [6, 6.07) is 16.7. The minimum Gasteiger partial charge on any atom is -0.346 e. The molecule has 0 spiro atoms. The first-order valence-corrected chi connectivity index (χ1v) is 9.37. The highest BCUT2D eigenvalue weighted by molar-refractivity contribution is 6.35. The summed E-state index contributed by atoms with van der Waals surface area (Å²) in [5.41, 5.74) is 5.20. The Bertz CT molecular complexity index is 1040. The van der Waals surface area contributed by atoms with E-state index in [1.54, 1.807) is 36.9 Å². The summed E-state index contributed by atoms with van der Waals surface area (Å²) < 4.78 is 1.71. The number of carbonyl (C=O) groups excluding carboxylic acids is 2. The van der Waals surface area contributed by atoms with E-state index < -0.39 is 11.8 Å². The largest absolute Gasteiger partial charge is 0.346 e. The van der Waals surface area contributed by atoms with Gasteiger partial charge in [0.15, 0.2) is 0 Å². The van der Waals surface area contributed by atoms with Crippen molar-refractivity contribution in [2.75, 3.05) is 0 Å². The van der Waals surface area contributed by atoms with Gasteiger partial charge in [0, 0.05) is 28.4 Å². The fourth-order valence-corrected chi connectivity index (χ4v) is 2.78. The monoisotopic (exact) mass is 409 g/mol. The number of rotatable bonds is 5. The van der Waals surface area contributed by atoms with Crippen molar-refractivity contribution in [3.05, 3.63) is 71.4 Å². The van der Waals surface area contributed by atoms with Crippen LogP contribution in [0.3, 0.4) is 0 Å². The quantitative estimate of drug-likeness (QED) is 0.385. The smallest absolute Gasteiger partial charge is 0.329 e. The lowest BCUT2D eigenvalue weighted by Gasteiger charge is -2.06. The average Bonchev–Trinajstić information content (AvgIpc) is 3.12. The normalized spacial score (nSPS) is 11.0. The van der Waals surface area contributed by atoms with Crippen LogP contribution in [0, 0.1) is 0 Å². The molecule has 0 unspecified atom stereocenters. The second-order valence-electron chi connectivity index (χ2n) is 6.55. The molecule has 7 nitrogen and oxygen atoms in total. The zero-order chi connectivity index (χ0) is 20.8. The molecule has 2 amide bonds. The van der Waals surface area contributed by atoms with Gasteiger partial charge in [-0.2, -0.15) is 10.2 Å². The Morgan fingerprint density at radius 2 is 1.86 bits per heavy atom. The van der Waals surface area contributed by atoms with Crippen LogP contribution in [0.2, 0.25) is 5.02 Å². The van der Waals surface area contributed by atoms with Crippen molar-refractivity contribution in [3.63, 3.8) is 0 Å². The summed E-state index contributed by atoms with van der Waals surface area (Å²) in [7, 11) is 0. The highest BCUT2D eigenvalue weighted by Gasteiger charge is 2.14. The highest BCUT2D eigenvalue weighted by atomic mass is 35.5. The van der Waals surface area contributed by atoms with Gasteiger partial charge in [-0.25, -0.2) is 10.1 Å². The molecule has 0 saturated carbocycles. The van der Waals surface area contributed by atoms with E-state index in [4.69, 9.17) is 11.6 Å². The van der Waals surface area contributed by atoms with Crippen molar-refractivity contribution in [1.82, 2.24) is 20.5 Å². The molecular formula is C21H20ClN5O2. The van der Waals surface area contributed by atoms with Crippen LogP contribution in [0.25, 0.3) is 16.9 Å². The van der Waals surface area contributed by atoms with E-state index >= 15 is 0 Å². The third-order valence-corrected chi connectivity index (χ3v) is 4.09. The third kappa shape index (κ3) is 5.30. The number of hydrazone groups is 1. The van der Waals surface area contributed by atoms with E-state index in [1.807, 2.05) is 42.5 Å². The van der Waals surface area contributed by atoms with E-state index in [0.29, 0.717) is 16.3 Å². The molecule has 0 fully saturated rings. The summed E-state index contributed by atoms with van der Waals surface area (Å²) in [5.74, 6) is -1.58. The molecule has 2 aromatic carbocycles. The van der Waals surface area contributed by atoms with Crippen LogP contribution in [0.1, 0.15) is 19.4 Å². The number of hydrogen-bond donors (Lipinski definition) is 2. The van der Waals surface area contributed by atoms with Crippen LogP contribution >= 0.6 is 11.6 Å². The summed E-state index contributed by atoms with van der Waals surface area (Å²) in [5, 5.41) is 11.6. The molecule has 8 heteroatoms. The molecule has 1 heterocycles. The van der Waals surface area contributed by atoms with Crippen LogP contribution in [0.5, 0.6) is 0 Å². The fourth-order valence-electron chi connectivity index (χ4n) is 2.59. The number of para-hydroxylation sites is 1. The summed E-state index contributed by atoms with van der Waals surface area (Å²) in [6.07, 6.45) is 3.23. The molecule has 3 aromatic rings. The lowest BCUT2D eigenvalue weighted by atomic mass is 10.1. The Balaban J connectivity index is 1.89. The SMILES string of the molecule is CC(C)NC(=O)C(=O)N/N=C\c1cn(-c2ccccc2)nc1-c1cccc(Cl)c1. The van der Waals surface area contributed by atoms with Gasteiger partial charge in [-0.15, -0.1) is 0 Å². The van der Waals surface area contributed by atoms with E-state index in [9.17, 15) is 9.59 Å². The number of benzene rings is 2. The molecular weight excluding hydrogens is 390 g/mol. The molecule has 0 saturated heterocycles. The summed E-state index contributed by atoms with van der Waals surface area (Å²) in [6.45, 7) is 3.54. The van der Waals surface area contributed by atoms with Gasteiger partial charge in [0.2, 0.25) is 0 Å². The molecule has 2 N–H and O–H groups in total. The topological polar surface area (TPSA) is 88.4 Å². The number of halogens is 1. The van der Waals surface area contributed by atoms with Crippen LogP contribution < -0.4 is 10.7 Å². The second-order valence-corrected chi connectivity index (χ2v) is 6.99. The molecule has 0 aliphatic carbocycles. The molecule has 0 aliphatic heterocycles. The molecule has 0 radical (unpaired) electrons. The van der Waals surface area contributed by atoms with Gasteiger partial charge >= 0.3 is 11.8 Å². The molecule has 1 aromatic heterocycles. The fraction of sp³-hybridized carbons (Fsp3) is 0.143. The van der Waals surface area contributed by atoms with Crippen LogP contribution in [0.4, 0.5) is 0 Å². The Morgan fingerprint density at radius 3 is 2.55 bits per heavy atom. The standard InChI is InChI=1S/C21H20ClN5O2/c1-14(2)24-20(28)21(29)25-23-12-16-13-27(18-9-4-3-5-10-18)26-19(16)15-7-6-8-17(22)11-15/h3-14H,1-2H3,(H,24,28)(H,25,29)/b23-12-. The van der Waals surface area contributed by atoms with Crippen molar-refractivity contribution in [2.24, 2.45) is 5.10 Å². The summed E-state index contributed by atoms with van der Waals surface area (Å²) >= 11 is 6.12. The van der Waals surface area contributed by atoms with Crippen LogP contribution in [0.15, 0.2) is 65.9 Å². The minimum absolute atomic E-state index is 0.143. The van der Waals surface area contributed by atoms with Gasteiger partial charge in [0.05, 0.1) is 11.9 Å². The van der Waals surface area contributed by atoms with Gasteiger partial charge in [0.1, 0.15) is 5.69 Å². The Kier molecular flexibility index (Phi) is 6.41. The van der Waals surface area contributed by atoms with Gasteiger partial charge in [0.25, 0.3) is 0 Å². The molecule has 0 atom stereocenters. The number of aromatic nitrogens is 2. The molecule has 3 rings (SSSR count). The van der Waals surface area contributed by atoms with Gasteiger partial charge in [-0.1, -0.05) is 41.9 Å². The van der Waals surface area contributed by atoms with E-state index in [2.05, 4.69) is 20.9 Å². The number of carbonyl (C=O) groups is 2. The number of hydrogen-bond acceptors (Lipinski definition) is 4. The Morgan fingerprint density at radius 1 is 1.10 bits per heavy atom. The predicted octanol–water partition coefficient (Wildman–Crippen LogP) is 3.17. The Hall–Kier alpha value is -3.45. The zero-order valence-electron chi connectivity index (χ0n) is 16.0. The molecule has 29 heavy (non-hydrogen) atoms.